The summed E-state index contributed by atoms with van der Waals surface area (Å²) in [6.45, 7) is 2.04. The predicted octanol–water partition coefficient (Wildman–Crippen LogP) is 2.55. The van der Waals surface area contributed by atoms with E-state index in [1.165, 1.54) is 18.7 Å². The van der Waals surface area contributed by atoms with E-state index in [0.717, 1.165) is 10.5 Å². The molecule has 2 atom stereocenters. The van der Waals surface area contributed by atoms with E-state index in [4.69, 9.17) is 0 Å². The van der Waals surface area contributed by atoms with Gasteiger partial charge in [0.05, 0.1) is 24.2 Å². The van der Waals surface area contributed by atoms with Crippen molar-refractivity contribution >= 4 is 29.3 Å². The summed E-state index contributed by atoms with van der Waals surface area (Å²) in [5.41, 5.74) is 0.942. The van der Waals surface area contributed by atoms with Crippen molar-refractivity contribution in [2.75, 3.05) is 30.8 Å². The number of carbonyl (C=O) groups is 2. The summed E-state index contributed by atoms with van der Waals surface area (Å²) in [6.07, 6.45) is 0.278. The SMILES string of the molecule is CC(=O)Nc1ccccc1SCC(=O)N1CC[C@@H](O)[C@@](CO)(Cc2ccccc2)C1. The van der Waals surface area contributed by atoms with Crippen molar-refractivity contribution in [1.29, 1.82) is 0 Å². The predicted molar refractivity (Wildman–Crippen MR) is 118 cm³/mol. The average Bonchev–Trinajstić information content (AvgIpc) is 2.75. The molecule has 0 radical (unpaired) electrons. The maximum atomic E-state index is 12.9. The van der Waals surface area contributed by atoms with E-state index in [1.807, 2.05) is 54.6 Å². The molecular formula is C23H28N2O4S. The summed E-state index contributed by atoms with van der Waals surface area (Å²) in [5, 5.41) is 23.6. The highest BCUT2D eigenvalue weighted by Crippen LogP contribution is 2.35. The Morgan fingerprint density at radius 1 is 1.17 bits per heavy atom. The first-order valence-electron chi connectivity index (χ1n) is 10.0. The summed E-state index contributed by atoms with van der Waals surface area (Å²) in [7, 11) is 0. The van der Waals surface area contributed by atoms with Crippen LogP contribution in [0.15, 0.2) is 59.5 Å². The fourth-order valence-corrected chi connectivity index (χ4v) is 4.78. The van der Waals surface area contributed by atoms with Crippen molar-refractivity contribution < 1.29 is 19.8 Å². The Balaban J connectivity index is 1.67. The quantitative estimate of drug-likeness (QED) is 0.590. The van der Waals surface area contributed by atoms with Crippen LogP contribution in [0.1, 0.15) is 18.9 Å². The molecule has 3 rings (SSSR count). The number of carbonyl (C=O) groups excluding carboxylic acids is 2. The molecule has 2 amide bonds. The molecule has 30 heavy (non-hydrogen) atoms. The first-order valence-corrected chi connectivity index (χ1v) is 11.0. The molecule has 3 N–H and O–H groups in total. The van der Waals surface area contributed by atoms with Gasteiger partial charge in [-0.15, -0.1) is 11.8 Å². The van der Waals surface area contributed by atoms with Gasteiger partial charge in [0.25, 0.3) is 0 Å². The summed E-state index contributed by atoms with van der Waals surface area (Å²) in [4.78, 5) is 26.9. The van der Waals surface area contributed by atoms with Gasteiger partial charge in [-0.05, 0) is 30.5 Å². The largest absolute Gasteiger partial charge is 0.396 e. The number of nitrogens with one attached hydrogen (secondary N) is 1. The molecular weight excluding hydrogens is 400 g/mol. The van der Waals surface area contributed by atoms with Gasteiger partial charge in [-0.1, -0.05) is 42.5 Å². The number of aliphatic hydroxyl groups is 2. The number of hydrogen-bond donors (Lipinski definition) is 3. The molecule has 0 unspecified atom stereocenters. The molecule has 0 spiro atoms. The molecule has 1 fully saturated rings. The van der Waals surface area contributed by atoms with Crippen molar-refractivity contribution in [2.45, 2.75) is 30.8 Å². The van der Waals surface area contributed by atoms with E-state index < -0.39 is 11.5 Å². The maximum Gasteiger partial charge on any atom is 0.232 e. The molecule has 160 valence electrons. The standard InChI is InChI=1S/C23H28N2O4S/c1-17(27)24-19-9-5-6-10-20(19)30-14-22(29)25-12-11-21(28)23(15-25,16-26)13-18-7-3-2-4-8-18/h2-10,21,26,28H,11-16H2,1H3,(H,24,27)/t21-,23+/m1/s1. The van der Waals surface area contributed by atoms with Gasteiger partial charge in [0.1, 0.15) is 0 Å². The highest BCUT2D eigenvalue weighted by molar-refractivity contribution is 8.00. The number of likely N-dealkylation sites (tertiary alicyclic amines) is 1. The molecule has 0 bridgehead atoms. The number of aliphatic hydroxyl groups excluding tert-OH is 2. The van der Waals surface area contributed by atoms with Crippen LogP contribution in [0.5, 0.6) is 0 Å². The lowest BCUT2D eigenvalue weighted by molar-refractivity contribution is -0.139. The van der Waals surface area contributed by atoms with E-state index in [1.54, 1.807) is 4.90 Å². The van der Waals surface area contributed by atoms with Crippen LogP contribution in [-0.2, 0) is 16.0 Å². The molecule has 0 aromatic heterocycles. The minimum atomic E-state index is -0.770. The molecule has 2 aromatic carbocycles. The molecule has 1 saturated heterocycles. The van der Waals surface area contributed by atoms with Crippen molar-refractivity contribution in [1.82, 2.24) is 4.90 Å². The third-order valence-electron chi connectivity index (χ3n) is 5.50. The van der Waals surface area contributed by atoms with Gasteiger partial charge < -0.3 is 20.4 Å². The summed E-state index contributed by atoms with van der Waals surface area (Å²) < 4.78 is 0. The first kappa shape index (κ1) is 22.3. The molecule has 0 saturated carbocycles. The van der Waals surface area contributed by atoms with Crippen LogP contribution in [0.4, 0.5) is 5.69 Å². The number of piperidine rings is 1. The van der Waals surface area contributed by atoms with Crippen LogP contribution < -0.4 is 5.32 Å². The van der Waals surface area contributed by atoms with Crippen LogP contribution in [0, 0.1) is 5.41 Å². The van der Waals surface area contributed by atoms with Gasteiger partial charge >= 0.3 is 0 Å². The second-order valence-corrected chi connectivity index (χ2v) is 8.79. The second-order valence-electron chi connectivity index (χ2n) is 7.77. The zero-order valence-electron chi connectivity index (χ0n) is 17.1. The van der Waals surface area contributed by atoms with Gasteiger partial charge in [0.15, 0.2) is 0 Å². The van der Waals surface area contributed by atoms with Gasteiger partial charge in [-0.25, -0.2) is 0 Å². The van der Waals surface area contributed by atoms with Gasteiger partial charge in [-0.2, -0.15) is 0 Å². The average molecular weight is 429 g/mol. The number of benzene rings is 2. The van der Waals surface area contributed by atoms with Crippen LogP contribution in [-0.4, -0.2) is 58.5 Å². The number of para-hydroxylation sites is 1. The summed E-state index contributed by atoms with van der Waals surface area (Å²) in [5.74, 6) is 0.0166. The smallest absolute Gasteiger partial charge is 0.232 e. The van der Waals surface area contributed by atoms with Crippen molar-refractivity contribution in [3.63, 3.8) is 0 Å². The van der Waals surface area contributed by atoms with Crippen LogP contribution in [0.3, 0.4) is 0 Å². The Morgan fingerprint density at radius 2 is 1.87 bits per heavy atom. The number of thioether (sulfide) groups is 1. The van der Waals surface area contributed by atoms with Gasteiger partial charge in [0, 0.05) is 30.3 Å². The number of rotatable bonds is 7. The Bertz CT molecular complexity index is 877. The summed E-state index contributed by atoms with van der Waals surface area (Å²) in [6, 6.07) is 17.1. The van der Waals surface area contributed by atoms with Crippen LogP contribution in [0.25, 0.3) is 0 Å². The monoisotopic (exact) mass is 428 g/mol. The molecule has 1 aliphatic rings. The normalized spacial score (nSPS) is 21.3. The zero-order valence-corrected chi connectivity index (χ0v) is 17.9. The lowest BCUT2D eigenvalue weighted by atomic mass is 9.73. The zero-order chi connectivity index (χ0) is 21.6. The fraction of sp³-hybridized carbons (Fsp3) is 0.391. The Morgan fingerprint density at radius 3 is 2.57 bits per heavy atom. The highest BCUT2D eigenvalue weighted by atomic mass is 32.2. The minimum Gasteiger partial charge on any atom is -0.396 e. The third kappa shape index (κ3) is 5.41. The van der Waals surface area contributed by atoms with Gasteiger partial charge in [0.2, 0.25) is 11.8 Å². The number of hydrogen-bond acceptors (Lipinski definition) is 5. The lowest BCUT2D eigenvalue weighted by Crippen LogP contribution is -2.56. The molecule has 0 aliphatic carbocycles. The minimum absolute atomic E-state index is 0.0459. The van der Waals surface area contributed by atoms with E-state index in [-0.39, 0.29) is 24.2 Å². The van der Waals surface area contributed by atoms with Gasteiger partial charge in [-0.3, -0.25) is 9.59 Å². The molecule has 2 aromatic rings. The number of amides is 2. The second kappa shape index (κ2) is 10.1. The Labute approximate surface area is 181 Å². The van der Waals surface area contributed by atoms with E-state index in [9.17, 15) is 19.8 Å². The van der Waals surface area contributed by atoms with E-state index in [0.29, 0.717) is 31.6 Å². The van der Waals surface area contributed by atoms with Crippen LogP contribution >= 0.6 is 11.8 Å². The lowest BCUT2D eigenvalue weighted by Gasteiger charge is -2.45. The first-order chi connectivity index (χ1) is 14.4. The maximum absolute atomic E-state index is 12.9. The van der Waals surface area contributed by atoms with Crippen molar-refractivity contribution in [3.8, 4) is 0 Å². The van der Waals surface area contributed by atoms with Crippen molar-refractivity contribution in [2.24, 2.45) is 5.41 Å². The van der Waals surface area contributed by atoms with E-state index >= 15 is 0 Å². The molecule has 7 heteroatoms. The molecule has 1 aliphatic heterocycles. The number of anilines is 1. The fourth-order valence-electron chi connectivity index (χ4n) is 3.87. The molecule has 6 nitrogen and oxygen atoms in total. The topological polar surface area (TPSA) is 89.9 Å². The Hall–Kier alpha value is -2.35. The third-order valence-corrected chi connectivity index (χ3v) is 6.56. The number of nitrogens with zero attached hydrogens (tertiary/aromatic N) is 1. The highest BCUT2D eigenvalue weighted by Gasteiger charge is 2.43. The Kier molecular flexibility index (Phi) is 7.53. The molecule has 1 heterocycles. The van der Waals surface area contributed by atoms with E-state index in [2.05, 4.69) is 5.32 Å². The van der Waals surface area contributed by atoms with Crippen LogP contribution in [0.2, 0.25) is 0 Å². The summed E-state index contributed by atoms with van der Waals surface area (Å²) >= 11 is 1.37. The van der Waals surface area contributed by atoms with Crippen molar-refractivity contribution in [3.05, 3.63) is 60.2 Å².